The zero-order valence-electron chi connectivity index (χ0n) is 9.04. The lowest BCUT2D eigenvalue weighted by Crippen LogP contribution is -2.25. The number of likely N-dealkylation sites (N-methyl/N-ethyl adjacent to an activating group) is 1. The molecule has 0 atom stereocenters. The van der Waals surface area contributed by atoms with Gasteiger partial charge in [0.25, 0.3) is 5.91 Å². The maximum Gasteiger partial charge on any atom is 0.257 e. The Kier molecular flexibility index (Phi) is 4.12. The van der Waals surface area contributed by atoms with Crippen LogP contribution in [0.3, 0.4) is 0 Å². The van der Waals surface area contributed by atoms with Crippen molar-refractivity contribution in [3.05, 3.63) is 29.3 Å². The summed E-state index contributed by atoms with van der Waals surface area (Å²) in [6, 6.07) is 5.74. The van der Waals surface area contributed by atoms with Crippen LogP contribution in [0.2, 0.25) is 0 Å². The van der Waals surface area contributed by atoms with Gasteiger partial charge in [-0.05, 0) is 24.1 Å². The highest BCUT2D eigenvalue weighted by Crippen LogP contribution is 2.19. The van der Waals surface area contributed by atoms with Gasteiger partial charge in [0.15, 0.2) is 6.61 Å². The van der Waals surface area contributed by atoms with Crippen LogP contribution >= 0.6 is 0 Å². The van der Waals surface area contributed by atoms with Crippen molar-refractivity contribution in [1.29, 1.82) is 0 Å². The topological polar surface area (TPSA) is 64.3 Å². The van der Waals surface area contributed by atoms with E-state index < -0.39 is 0 Å². The van der Waals surface area contributed by atoms with Crippen molar-refractivity contribution in [2.75, 3.05) is 13.7 Å². The maximum atomic E-state index is 11.0. The molecule has 0 bridgehead atoms. The summed E-state index contributed by atoms with van der Waals surface area (Å²) in [7, 11) is 1.58. The summed E-state index contributed by atoms with van der Waals surface area (Å²) in [5.74, 6) is 0.564. The molecule has 4 heteroatoms. The molecule has 3 N–H and O–H groups in total. The Labute approximate surface area is 89.4 Å². The third-order valence-electron chi connectivity index (χ3n) is 2.13. The van der Waals surface area contributed by atoms with Crippen LogP contribution in [0.5, 0.6) is 5.75 Å². The van der Waals surface area contributed by atoms with E-state index in [0.29, 0.717) is 12.3 Å². The van der Waals surface area contributed by atoms with E-state index in [9.17, 15) is 4.79 Å². The van der Waals surface area contributed by atoms with Crippen LogP contribution in [0.25, 0.3) is 0 Å². The third-order valence-corrected chi connectivity index (χ3v) is 2.13. The molecule has 0 fully saturated rings. The molecule has 0 aliphatic rings. The lowest BCUT2D eigenvalue weighted by atomic mass is 10.1. The van der Waals surface area contributed by atoms with Crippen LogP contribution in [0.4, 0.5) is 0 Å². The second-order valence-electron chi connectivity index (χ2n) is 3.27. The molecule has 0 spiro atoms. The van der Waals surface area contributed by atoms with Crippen molar-refractivity contribution < 1.29 is 9.53 Å². The first-order valence-electron chi connectivity index (χ1n) is 4.80. The van der Waals surface area contributed by atoms with Gasteiger partial charge in [0.1, 0.15) is 5.75 Å². The summed E-state index contributed by atoms with van der Waals surface area (Å²) >= 11 is 0. The normalized spacial score (nSPS) is 9.80. The van der Waals surface area contributed by atoms with Gasteiger partial charge in [-0.25, -0.2) is 0 Å². The molecule has 0 heterocycles. The van der Waals surface area contributed by atoms with Crippen LogP contribution < -0.4 is 15.8 Å². The monoisotopic (exact) mass is 208 g/mol. The number of amides is 1. The Morgan fingerprint density at radius 1 is 1.53 bits per heavy atom. The summed E-state index contributed by atoms with van der Waals surface area (Å²) in [6.45, 7) is 2.43. The Morgan fingerprint density at radius 3 is 2.87 bits per heavy atom. The highest BCUT2D eigenvalue weighted by Gasteiger charge is 2.03. The smallest absolute Gasteiger partial charge is 0.257 e. The minimum atomic E-state index is -0.146. The van der Waals surface area contributed by atoms with Crippen molar-refractivity contribution in [2.24, 2.45) is 5.73 Å². The standard InChI is InChI=1S/C11H16N2O2/c1-8-3-4-9(6-12)5-10(8)15-7-11(14)13-2/h3-5H,6-7,12H2,1-2H3,(H,13,14). The summed E-state index contributed by atoms with van der Waals surface area (Å²) in [5.41, 5.74) is 7.51. The van der Waals surface area contributed by atoms with E-state index in [1.807, 2.05) is 25.1 Å². The number of ether oxygens (including phenoxy) is 1. The SMILES string of the molecule is CNC(=O)COc1cc(CN)ccc1C. The van der Waals surface area contributed by atoms with Gasteiger partial charge >= 0.3 is 0 Å². The number of nitrogens with one attached hydrogen (secondary N) is 1. The van der Waals surface area contributed by atoms with Crippen molar-refractivity contribution in [3.8, 4) is 5.75 Å². The van der Waals surface area contributed by atoms with Crippen molar-refractivity contribution in [2.45, 2.75) is 13.5 Å². The molecule has 1 amide bonds. The largest absolute Gasteiger partial charge is 0.483 e. The lowest BCUT2D eigenvalue weighted by molar-refractivity contribution is -0.122. The first-order valence-corrected chi connectivity index (χ1v) is 4.80. The van der Waals surface area contributed by atoms with Crippen molar-refractivity contribution >= 4 is 5.91 Å². The molecule has 0 aliphatic heterocycles. The molecule has 15 heavy (non-hydrogen) atoms. The lowest BCUT2D eigenvalue weighted by Gasteiger charge is -2.09. The summed E-state index contributed by atoms with van der Waals surface area (Å²) in [6.07, 6.45) is 0. The number of rotatable bonds is 4. The molecule has 1 aromatic carbocycles. The van der Waals surface area contributed by atoms with Gasteiger partial charge in [-0.1, -0.05) is 12.1 Å². The minimum Gasteiger partial charge on any atom is -0.483 e. The molecular weight excluding hydrogens is 192 g/mol. The number of carbonyl (C=O) groups excluding carboxylic acids is 1. The number of hydrogen-bond donors (Lipinski definition) is 2. The highest BCUT2D eigenvalue weighted by molar-refractivity contribution is 5.77. The van der Waals surface area contributed by atoms with E-state index in [-0.39, 0.29) is 12.5 Å². The van der Waals surface area contributed by atoms with E-state index in [2.05, 4.69) is 5.32 Å². The highest BCUT2D eigenvalue weighted by atomic mass is 16.5. The van der Waals surface area contributed by atoms with Gasteiger partial charge in [0.2, 0.25) is 0 Å². The van der Waals surface area contributed by atoms with E-state index in [1.54, 1.807) is 7.05 Å². The average molecular weight is 208 g/mol. The first-order chi connectivity index (χ1) is 7.17. The fourth-order valence-corrected chi connectivity index (χ4v) is 1.14. The molecular formula is C11H16N2O2. The first kappa shape index (κ1) is 11.5. The molecule has 0 aromatic heterocycles. The predicted molar refractivity (Wildman–Crippen MR) is 58.6 cm³/mol. The molecule has 1 aromatic rings. The van der Waals surface area contributed by atoms with Crippen molar-refractivity contribution in [1.82, 2.24) is 5.32 Å². The molecule has 0 radical (unpaired) electrons. The molecule has 0 saturated heterocycles. The van der Waals surface area contributed by atoms with Crippen LogP contribution in [-0.2, 0) is 11.3 Å². The number of aryl methyl sites for hydroxylation is 1. The zero-order valence-corrected chi connectivity index (χ0v) is 9.04. The summed E-state index contributed by atoms with van der Waals surface area (Å²) < 4.78 is 5.36. The van der Waals surface area contributed by atoms with Gasteiger partial charge in [-0.15, -0.1) is 0 Å². The van der Waals surface area contributed by atoms with E-state index in [0.717, 1.165) is 11.1 Å². The molecule has 0 unspecified atom stereocenters. The van der Waals surface area contributed by atoms with Crippen LogP contribution in [0.1, 0.15) is 11.1 Å². The number of benzene rings is 1. The molecule has 0 aliphatic carbocycles. The van der Waals surface area contributed by atoms with Crippen LogP contribution in [0, 0.1) is 6.92 Å². The quantitative estimate of drug-likeness (QED) is 0.760. The van der Waals surface area contributed by atoms with Crippen LogP contribution in [0.15, 0.2) is 18.2 Å². The Morgan fingerprint density at radius 2 is 2.27 bits per heavy atom. The summed E-state index contributed by atoms with van der Waals surface area (Å²) in [4.78, 5) is 11.0. The fraction of sp³-hybridized carbons (Fsp3) is 0.364. The van der Waals surface area contributed by atoms with Crippen LogP contribution in [-0.4, -0.2) is 19.6 Å². The number of nitrogens with two attached hydrogens (primary N) is 1. The van der Waals surface area contributed by atoms with E-state index in [4.69, 9.17) is 10.5 Å². The third kappa shape index (κ3) is 3.25. The Bertz CT molecular complexity index is 350. The fourth-order valence-electron chi connectivity index (χ4n) is 1.14. The molecule has 4 nitrogen and oxygen atoms in total. The van der Waals surface area contributed by atoms with Gasteiger partial charge in [-0.2, -0.15) is 0 Å². The molecule has 0 saturated carbocycles. The second kappa shape index (κ2) is 5.36. The Balaban J connectivity index is 2.70. The minimum absolute atomic E-state index is 0.0331. The van der Waals surface area contributed by atoms with Crippen molar-refractivity contribution in [3.63, 3.8) is 0 Å². The van der Waals surface area contributed by atoms with Gasteiger partial charge in [0, 0.05) is 13.6 Å². The van der Waals surface area contributed by atoms with Gasteiger partial charge in [-0.3, -0.25) is 4.79 Å². The Hall–Kier alpha value is -1.55. The van der Waals surface area contributed by atoms with Gasteiger partial charge in [0.05, 0.1) is 0 Å². The number of carbonyl (C=O) groups is 1. The van der Waals surface area contributed by atoms with E-state index >= 15 is 0 Å². The number of hydrogen-bond acceptors (Lipinski definition) is 3. The average Bonchev–Trinajstić information content (AvgIpc) is 2.27. The van der Waals surface area contributed by atoms with Gasteiger partial charge < -0.3 is 15.8 Å². The predicted octanol–water partition coefficient (Wildman–Crippen LogP) is 0.579. The molecule has 1 rings (SSSR count). The van der Waals surface area contributed by atoms with E-state index in [1.165, 1.54) is 0 Å². The molecule has 82 valence electrons. The summed E-state index contributed by atoms with van der Waals surface area (Å²) in [5, 5.41) is 2.49. The maximum absolute atomic E-state index is 11.0. The second-order valence-corrected chi connectivity index (χ2v) is 3.27. The zero-order chi connectivity index (χ0) is 11.3.